The van der Waals surface area contributed by atoms with Gasteiger partial charge in [0.05, 0.1) is 18.1 Å². The van der Waals surface area contributed by atoms with Crippen molar-refractivity contribution in [2.24, 2.45) is 5.41 Å². The maximum Gasteiger partial charge on any atom is 0.410 e. The molecule has 1 aromatic heterocycles. The summed E-state index contributed by atoms with van der Waals surface area (Å²) in [6.45, 7) is 7.94. The summed E-state index contributed by atoms with van der Waals surface area (Å²) in [4.78, 5) is 24.5. The first-order valence-electron chi connectivity index (χ1n) is 8.97. The van der Waals surface area contributed by atoms with Crippen LogP contribution in [0.5, 0.6) is 0 Å². The molecule has 1 saturated carbocycles. The van der Waals surface area contributed by atoms with Gasteiger partial charge >= 0.3 is 6.09 Å². The first-order chi connectivity index (χ1) is 12.0. The molecule has 3 heterocycles. The van der Waals surface area contributed by atoms with Gasteiger partial charge in [0.2, 0.25) is 5.92 Å². The van der Waals surface area contributed by atoms with E-state index < -0.39 is 11.5 Å². The van der Waals surface area contributed by atoms with Crippen LogP contribution in [-0.2, 0) is 4.74 Å². The lowest BCUT2D eigenvalue weighted by Crippen LogP contribution is -2.66. The Labute approximate surface area is 151 Å². The molecule has 8 heteroatoms. The standard InChI is InChI=1S/C18H24F2N4O2/c1-16(2,3)26-15(25)23-6-12(7-23)13-4-22-14(5-21-13)24-10-17(11-24)8-18(19,20)9-17/h4-5,12H,6-11H2,1-3H3. The highest BCUT2D eigenvalue weighted by atomic mass is 19.3. The molecule has 1 aliphatic carbocycles. The summed E-state index contributed by atoms with van der Waals surface area (Å²) in [5.41, 5.74) is 0.132. The van der Waals surface area contributed by atoms with E-state index in [1.807, 2.05) is 25.7 Å². The third-order valence-corrected chi connectivity index (χ3v) is 5.25. The van der Waals surface area contributed by atoms with Gasteiger partial charge in [-0.1, -0.05) is 0 Å². The van der Waals surface area contributed by atoms with E-state index in [0.717, 1.165) is 11.5 Å². The van der Waals surface area contributed by atoms with Crippen LogP contribution < -0.4 is 4.90 Å². The second-order valence-corrected chi connectivity index (χ2v) is 8.95. The van der Waals surface area contributed by atoms with Crippen LogP contribution in [0.4, 0.5) is 19.4 Å². The van der Waals surface area contributed by atoms with Gasteiger partial charge in [0.1, 0.15) is 11.4 Å². The lowest BCUT2D eigenvalue weighted by molar-refractivity contribution is -0.170. The summed E-state index contributed by atoms with van der Waals surface area (Å²) in [5.74, 6) is -1.58. The van der Waals surface area contributed by atoms with Crippen LogP contribution in [0.1, 0.15) is 45.2 Å². The molecule has 3 aliphatic rings. The van der Waals surface area contributed by atoms with Crippen LogP contribution in [0.3, 0.4) is 0 Å². The molecule has 0 N–H and O–H groups in total. The van der Waals surface area contributed by atoms with Gasteiger partial charge in [-0.05, 0) is 20.8 Å². The third kappa shape index (κ3) is 3.21. The zero-order chi connectivity index (χ0) is 18.7. The number of hydrogen-bond acceptors (Lipinski definition) is 5. The molecule has 0 unspecified atom stereocenters. The highest BCUT2D eigenvalue weighted by Crippen LogP contribution is 2.57. The van der Waals surface area contributed by atoms with Crippen LogP contribution in [0, 0.1) is 5.41 Å². The molecule has 1 aromatic rings. The van der Waals surface area contributed by atoms with Gasteiger partial charge in [0.25, 0.3) is 0 Å². The lowest BCUT2D eigenvalue weighted by atomic mass is 9.61. The fourth-order valence-corrected chi connectivity index (χ4v) is 4.04. The number of carbonyl (C=O) groups excluding carboxylic acids is 1. The van der Waals surface area contributed by atoms with Crippen LogP contribution in [0.2, 0.25) is 0 Å². The number of halogens is 2. The van der Waals surface area contributed by atoms with Crippen molar-refractivity contribution >= 4 is 11.9 Å². The lowest BCUT2D eigenvalue weighted by Gasteiger charge is -2.58. The van der Waals surface area contributed by atoms with Crippen LogP contribution in [0.15, 0.2) is 12.4 Å². The maximum atomic E-state index is 13.1. The molecular formula is C18H24F2N4O2. The number of carbonyl (C=O) groups is 1. The van der Waals surface area contributed by atoms with Gasteiger partial charge in [-0.2, -0.15) is 0 Å². The number of anilines is 1. The zero-order valence-electron chi connectivity index (χ0n) is 15.3. The molecule has 26 heavy (non-hydrogen) atoms. The number of nitrogens with zero attached hydrogens (tertiary/aromatic N) is 4. The number of ether oxygens (including phenoxy) is 1. The van der Waals surface area contributed by atoms with Crippen molar-refractivity contribution in [3.8, 4) is 0 Å². The fourth-order valence-electron chi connectivity index (χ4n) is 4.04. The Hall–Kier alpha value is -1.99. The van der Waals surface area contributed by atoms with Crippen molar-refractivity contribution in [1.29, 1.82) is 0 Å². The molecular weight excluding hydrogens is 342 g/mol. The molecule has 142 valence electrons. The summed E-state index contributed by atoms with van der Waals surface area (Å²) in [7, 11) is 0. The highest BCUT2D eigenvalue weighted by Gasteiger charge is 2.61. The Morgan fingerprint density at radius 2 is 1.85 bits per heavy atom. The van der Waals surface area contributed by atoms with E-state index in [0.29, 0.717) is 26.2 Å². The van der Waals surface area contributed by atoms with Crippen molar-refractivity contribution < 1.29 is 18.3 Å². The van der Waals surface area contributed by atoms with Gasteiger partial charge in [-0.3, -0.25) is 4.98 Å². The number of alkyl halides is 2. The molecule has 0 radical (unpaired) electrons. The number of likely N-dealkylation sites (tertiary alicyclic amines) is 1. The second-order valence-electron chi connectivity index (χ2n) is 8.95. The number of aromatic nitrogens is 2. The average Bonchev–Trinajstić information content (AvgIpc) is 2.39. The Morgan fingerprint density at radius 3 is 2.35 bits per heavy atom. The van der Waals surface area contributed by atoms with Crippen molar-refractivity contribution in [1.82, 2.24) is 14.9 Å². The molecule has 1 spiro atoms. The smallest absolute Gasteiger partial charge is 0.410 e. The predicted octanol–water partition coefficient (Wildman–Crippen LogP) is 3.05. The molecule has 0 atom stereocenters. The summed E-state index contributed by atoms with van der Waals surface area (Å²) < 4.78 is 31.5. The molecule has 0 aromatic carbocycles. The van der Waals surface area contributed by atoms with Crippen molar-refractivity contribution in [2.45, 2.75) is 51.1 Å². The van der Waals surface area contributed by atoms with E-state index in [-0.39, 0.29) is 30.3 Å². The van der Waals surface area contributed by atoms with Crippen molar-refractivity contribution in [3.63, 3.8) is 0 Å². The van der Waals surface area contributed by atoms with E-state index in [4.69, 9.17) is 4.74 Å². The van der Waals surface area contributed by atoms with Gasteiger partial charge < -0.3 is 14.5 Å². The number of hydrogen-bond donors (Lipinski definition) is 0. The molecule has 3 fully saturated rings. The molecule has 6 nitrogen and oxygen atoms in total. The van der Waals surface area contributed by atoms with Gasteiger partial charge in [0, 0.05) is 50.4 Å². The number of amides is 1. The topological polar surface area (TPSA) is 58.6 Å². The van der Waals surface area contributed by atoms with Crippen LogP contribution >= 0.6 is 0 Å². The summed E-state index contributed by atoms with van der Waals surface area (Å²) in [6, 6.07) is 0. The summed E-state index contributed by atoms with van der Waals surface area (Å²) >= 11 is 0. The van der Waals surface area contributed by atoms with Gasteiger partial charge in [0.15, 0.2) is 0 Å². The summed E-state index contributed by atoms with van der Waals surface area (Å²) in [6.07, 6.45) is 3.11. The van der Waals surface area contributed by atoms with E-state index in [1.54, 1.807) is 17.3 Å². The first kappa shape index (κ1) is 17.4. The zero-order valence-corrected chi connectivity index (χ0v) is 15.3. The molecule has 4 rings (SSSR count). The Morgan fingerprint density at radius 1 is 1.19 bits per heavy atom. The van der Waals surface area contributed by atoms with E-state index >= 15 is 0 Å². The van der Waals surface area contributed by atoms with E-state index in [1.165, 1.54) is 0 Å². The Kier molecular flexibility index (Phi) is 3.69. The van der Waals surface area contributed by atoms with Crippen LogP contribution in [-0.4, -0.2) is 58.7 Å². The molecule has 2 aliphatic heterocycles. The van der Waals surface area contributed by atoms with Gasteiger partial charge in [-0.25, -0.2) is 18.6 Å². The second kappa shape index (κ2) is 5.50. The van der Waals surface area contributed by atoms with Crippen LogP contribution in [0.25, 0.3) is 0 Å². The number of rotatable bonds is 2. The van der Waals surface area contributed by atoms with Gasteiger partial charge in [-0.15, -0.1) is 0 Å². The minimum absolute atomic E-state index is 0.00934. The van der Waals surface area contributed by atoms with E-state index in [9.17, 15) is 13.6 Å². The fraction of sp³-hybridized carbons (Fsp3) is 0.722. The highest BCUT2D eigenvalue weighted by molar-refractivity contribution is 5.69. The molecule has 2 saturated heterocycles. The first-order valence-corrected chi connectivity index (χ1v) is 8.97. The quantitative estimate of drug-likeness (QED) is 0.805. The third-order valence-electron chi connectivity index (χ3n) is 5.25. The normalized spacial score (nSPS) is 23.9. The SMILES string of the molecule is CC(C)(C)OC(=O)N1CC(c2cnc(N3CC4(C3)CC(F)(F)C4)cn2)C1. The van der Waals surface area contributed by atoms with Crippen molar-refractivity contribution in [3.05, 3.63) is 18.1 Å². The summed E-state index contributed by atoms with van der Waals surface area (Å²) in [5, 5.41) is 0. The van der Waals surface area contributed by atoms with E-state index in [2.05, 4.69) is 9.97 Å². The predicted molar refractivity (Wildman–Crippen MR) is 91.4 cm³/mol. The molecule has 1 amide bonds. The monoisotopic (exact) mass is 366 g/mol. The molecule has 0 bridgehead atoms. The average molecular weight is 366 g/mol. The Balaban J connectivity index is 1.27. The largest absolute Gasteiger partial charge is 0.444 e. The maximum absolute atomic E-state index is 13.1. The minimum Gasteiger partial charge on any atom is -0.444 e. The van der Waals surface area contributed by atoms with Crippen molar-refractivity contribution in [2.75, 3.05) is 31.1 Å². The minimum atomic E-state index is -2.48. The Bertz CT molecular complexity index is 695.